The van der Waals surface area contributed by atoms with Crippen molar-refractivity contribution in [1.82, 2.24) is 4.98 Å². The number of hydrogen-bond acceptors (Lipinski definition) is 6. The summed E-state index contributed by atoms with van der Waals surface area (Å²) in [7, 11) is 0. The number of nitriles is 1. The molecule has 3 aromatic rings. The van der Waals surface area contributed by atoms with Crippen molar-refractivity contribution < 1.29 is 9.31 Å². The van der Waals surface area contributed by atoms with Gasteiger partial charge >= 0.3 is 0 Å². The van der Waals surface area contributed by atoms with Crippen LogP contribution < -0.4 is 5.32 Å². The van der Waals surface area contributed by atoms with Gasteiger partial charge in [-0.15, -0.1) is 11.3 Å². The molecule has 0 atom stereocenters. The predicted octanol–water partition coefficient (Wildman–Crippen LogP) is 4.83. The molecular formula is C18H11FN4O2S. The molecule has 128 valence electrons. The maximum atomic E-state index is 13.6. The minimum Gasteiger partial charge on any atom is -0.358 e. The first-order valence-corrected chi connectivity index (χ1v) is 8.28. The van der Waals surface area contributed by atoms with Crippen molar-refractivity contribution in [1.29, 1.82) is 5.26 Å². The molecule has 8 heteroatoms. The zero-order valence-corrected chi connectivity index (χ0v) is 14.0. The van der Waals surface area contributed by atoms with Crippen LogP contribution in [-0.2, 0) is 0 Å². The Kier molecular flexibility index (Phi) is 5.01. The van der Waals surface area contributed by atoms with Gasteiger partial charge in [0.2, 0.25) is 0 Å². The number of nitrogens with one attached hydrogen (secondary N) is 1. The van der Waals surface area contributed by atoms with Gasteiger partial charge in [0.25, 0.3) is 5.69 Å². The van der Waals surface area contributed by atoms with E-state index >= 15 is 0 Å². The van der Waals surface area contributed by atoms with Gasteiger partial charge in [-0.1, -0.05) is 24.3 Å². The lowest BCUT2D eigenvalue weighted by Crippen LogP contribution is -1.93. The van der Waals surface area contributed by atoms with Crippen molar-refractivity contribution in [3.05, 3.63) is 81.1 Å². The number of nitro benzene ring substituents is 1. The van der Waals surface area contributed by atoms with Crippen molar-refractivity contribution in [2.45, 2.75) is 0 Å². The second-order valence-electron chi connectivity index (χ2n) is 5.14. The van der Waals surface area contributed by atoms with Gasteiger partial charge in [-0.05, 0) is 12.1 Å². The zero-order valence-electron chi connectivity index (χ0n) is 13.2. The minimum absolute atomic E-state index is 0.0330. The summed E-state index contributed by atoms with van der Waals surface area (Å²) in [5.41, 5.74) is 1.56. The lowest BCUT2D eigenvalue weighted by atomic mass is 10.1. The maximum Gasteiger partial charge on any atom is 0.270 e. The molecule has 1 heterocycles. The number of non-ortho nitro benzene ring substituents is 1. The summed E-state index contributed by atoms with van der Waals surface area (Å²) in [4.78, 5) is 14.8. The Morgan fingerprint density at radius 3 is 2.85 bits per heavy atom. The Hall–Kier alpha value is -3.57. The molecule has 1 aromatic heterocycles. The molecule has 3 rings (SSSR count). The van der Waals surface area contributed by atoms with E-state index in [4.69, 9.17) is 0 Å². The number of allylic oxidation sites excluding steroid dienone is 1. The van der Waals surface area contributed by atoms with Gasteiger partial charge in [0.15, 0.2) is 0 Å². The van der Waals surface area contributed by atoms with Crippen LogP contribution in [0.15, 0.2) is 60.1 Å². The lowest BCUT2D eigenvalue weighted by Gasteiger charge is -2.02. The first kappa shape index (κ1) is 17.3. The van der Waals surface area contributed by atoms with Gasteiger partial charge in [-0.2, -0.15) is 5.26 Å². The molecule has 26 heavy (non-hydrogen) atoms. The first-order chi connectivity index (χ1) is 12.6. The number of anilines is 1. The summed E-state index contributed by atoms with van der Waals surface area (Å²) in [5.74, 6) is -0.433. The monoisotopic (exact) mass is 366 g/mol. The first-order valence-electron chi connectivity index (χ1n) is 7.40. The second-order valence-corrected chi connectivity index (χ2v) is 6.00. The summed E-state index contributed by atoms with van der Waals surface area (Å²) in [5, 5.41) is 25.1. The Bertz CT molecular complexity index is 1040. The molecule has 0 bridgehead atoms. The van der Waals surface area contributed by atoms with Crippen LogP contribution >= 0.6 is 11.3 Å². The number of aromatic nitrogens is 1. The van der Waals surface area contributed by atoms with Gasteiger partial charge in [-0.25, -0.2) is 9.37 Å². The molecule has 0 amide bonds. The van der Waals surface area contributed by atoms with Crippen molar-refractivity contribution in [2.75, 3.05) is 5.32 Å². The van der Waals surface area contributed by atoms with E-state index in [1.54, 1.807) is 35.7 Å². The topological polar surface area (TPSA) is 91.8 Å². The van der Waals surface area contributed by atoms with Crippen LogP contribution in [-0.4, -0.2) is 9.91 Å². The van der Waals surface area contributed by atoms with Crippen LogP contribution in [0.5, 0.6) is 0 Å². The van der Waals surface area contributed by atoms with Crippen molar-refractivity contribution in [3.8, 4) is 17.3 Å². The predicted molar refractivity (Wildman–Crippen MR) is 97.8 cm³/mol. The number of thiazole rings is 1. The molecule has 0 saturated carbocycles. The Morgan fingerprint density at radius 2 is 2.12 bits per heavy atom. The third kappa shape index (κ3) is 3.74. The van der Waals surface area contributed by atoms with E-state index in [-0.39, 0.29) is 16.9 Å². The molecule has 0 saturated heterocycles. The molecule has 0 aliphatic carbocycles. The van der Waals surface area contributed by atoms with Crippen molar-refractivity contribution in [3.63, 3.8) is 0 Å². The molecule has 2 aromatic carbocycles. The molecule has 0 radical (unpaired) electrons. The third-order valence-electron chi connectivity index (χ3n) is 3.45. The Balaban J connectivity index is 1.87. The SMILES string of the molecule is N#C/C(=C\Nc1ccccc1F)c1nc(-c2cccc([N+](=O)[O-])c2)cs1. The average Bonchev–Trinajstić information content (AvgIpc) is 3.14. The number of rotatable bonds is 5. The van der Waals surface area contributed by atoms with Crippen LogP contribution in [0.2, 0.25) is 0 Å². The molecule has 0 fully saturated rings. The highest BCUT2D eigenvalue weighted by Gasteiger charge is 2.12. The number of nitrogens with zero attached hydrogens (tertiary/aromatic N) is 3. The van der Waals surface area contributed by atoms with Gasteiger partial charge < -0.3 is 5.32 Å². The van der Waals surface area contributed by atoms with Gasteiger partial charge in [-0.3, -0.25) is 10.1 Å². The van der Waals surface area contributed by atoms with Gasteiger partial charge in [0.1, 0.15) is 22.5 Å². The number of halogens is 1. The van der Waals surface area contributed by atoms with Gasteiger partial charge in [0.05, 0.1) is 16.3 Å². The van der Waals surface area contributed by atoms with E-state index < -0.39 is 10.7 Å². The number of benzene rings is 2. The third-order valence-corrected chi connectivity index (χ3v) is 4.33. The molecular weight excluding hydrogens is 355 g/mol. The van der Waals surface area contributed by atoms with E-state index in [0.717, 1.165) is 0 Å². The highest BCUT2D eigenvalue weighted by Crippen LogP contribution is 2.28. The number of nitro groups is 1. The van der Waals surface area contributed by atoms with Crippen molar-refractivity contribution in [2.24, 2.45) is 0 Å². The van der Waals surface area contributed by atoms with Crippen LogP contribution in [0, 0.1) is 27.3 Å². The van der Waals surface area contributed by atoms with E-state index in [2.05, 4.69) is 10.3 Å². The fourth-order valence-electron chi connectivity index (χ4n) is 2.18. The Labute approximate surface area is 152 Å². The van der Waals surface area contributed by atoms with Crippen molar-refractivity contribution >= 4 is 28.3 Å². The van der Waals surface area contributed by atoms with Crippen LogP contribution in [0.3, 0.4) is 0 Å². The lowest BCUT2D eigenvalue weighted by molar-refractivity contribution is -0.384. The quantitative estimate of drug-likeness (QED) is 0.396. The summed E-state index contributed by atoms with van der Waals surface area (Å²) >= 11 is 1.23. The summed E-state index contributed by atoms with van der Waals surface area (Å²) in [6.07, 6.45) is 1.38. The number of para-hydroxylation sites is 1. The van der Waals surface area contributed by atoms with E-state index in [1.807, 2.05) is 6.07 Å². The number of hydrogen-bond donors (Lipinski definition) is 1. The molecule has 1 N–H and O–H groups in total. The zero-order chi connectivity index (χ0) is 18.5. The van der Waals surface area contributed by atoms with E-state index in [1.165, 1.54) is 35.7 Å². The maximum absolute atomic E-state index is 13.6. The molecule has 0 aliphatic rings. The normalized spacial score (nSPS) is 11.0. The second kappa shape index (κ2) is 7.55. The summed E-state index contributed by atoms with van der Waals surface area (Å²) < 4.78 is 13.6. The van der Waals surface area contributed by atoms with Crippen LogP contribution in [0.1, 0.15) is 5.01 Å². The molecule has 0 unspecified atom stereocenters. The van der Waals surface area contributed by atoms with E-state index in [9.17, 15) is 19.8 Å². The molecule has 0 spiro atoms. The highest BCUT2D eigenvalue weighted by molar-refractivity contribution is 7.11. The molecule has 0 aliphatic heterocycles. The minimum atomic E-state index is -0.476. The highest BCUT2D eigenvalue weighted by atomic mass is 32.1. The smallest absolute Gasteiger partial charge is 0.270 e. The van der Waals surface area contributed by atoms with Crippen LogP contribution in [0.25, 0.3) is 16.8 Å². The average molecular weight is 366 g/mol. The largest absolute Gasteiger partial charge is 0.358 e. The van der Waals surface area contributed by atoms with E-state index in [0.29, 0.717) is 16.3 Å². The summed E-state index contributed by atoms with van der Waals surface area (Å²) in [6.45, 7) is 0. The molecule has 6 nitrogen and oxygen atoms in total. The standard InChI is InChI=1S/C18H11FN4O2S/c19-15-6-1-2-7-16(15)21-10-13(9-20)18-22-17(11-26-18)12-4-3-5-14(8-12)23(24)25/h1-8,10-11,21H/b13-10+. The Morgan fingerprint density at radius 1 is 1.31 bits per heavy atom. The fraction of sp³-hybridized carbons (Fsp3) is 0. The van der Waals surface area contributed by atoms with Crippen LogP contribution in [0.4, 0.5) is 15.8 Å². The van der Waals surface area contributed by atoms with Gasteiger partial charge in [0, 0.05) is 29.3 Å². The summed E-state index contributed by atoms with van der Waals surface area (Å²) in [6, 6.07) is 14.2. The fourth-order valence-corrected chi connectivity index (χ4v) is 2.97.